The Morgan fingerprint density at radius 3 is 2.75 bits per heavy atom. The topological polar surface area (TPSA) is 54.9 Å². The number of halogens is 1. The summed E-state index contributed by atoms with van der Waals surface area (Å²) in [6, 6.07) is 7.57. The molecule has 2 aromatic rings. The van der Waals surface area contributed by atoms with E-state index in [0.717, 1.165) is 9.24 Å². The fraction of sp³-hybridized carbons (Fsp3) is 0.250. The molecule has 0 saturated heterocycles. The van der Waals surface area contributed by atoms with Crippen LogP contribution in [-0.2, 0) is 4.79 Å². The number of rotatable bonds is 6. The summed E-state index contributed by atoms with van der Waals surface area (Å²) in [4.78, 5) is 12.8. The lowest BCUT2D eigenvalue weighted by Gasteiger charge is -2.02. The van der Waals surface area contributed by atoms with Gasteiger partial charge in [-0.25, -0.2) is 0 Å². The first kappa shape index (κ1) is 15.6. The second-order valence-corrected chi connectivity index (χ2v) is 7.31. The van der Waals surface area contributed by atoms with Crippen molar-refractivity contribution in [2.24, 2.45) is 0 Å². The molecule has 0 radical (unpaired) electrons. The average Bonchev–Trinajstić information content (AvgIpc) is 2.88. The molecular weight excluding hydrogens is 334 g/mol. The first-order valence-electron chi connectivity index (χ1n) is 5.73. The maximum atomic E-state index is 11.7. The Balaban J connectivity index is 1.73. The predicted octanol–water partition coefficient (Wildman–Crippen LogP) is 4.03. The number of thioether (sulfide) groups is 2. The fourth-order valence-corrected chi connectivity index (χ4v) is 3.48. The normalized spacial score (nSPS) is 10.5. The molecule has 0 saturated carbocycles. The van der Waals surface area contributed by atoms with Gasteiger partial charge in [0.2, 0.25) is 11.0 Å². The molecule has 1 aromatic heterocycles. The van der Waals surface area contributed by atoms with Crippen molar-refractivity contribution in [3.63, 3.8) is 0 Å². The Morgan fingerprint density at radius 1 is 1.35 bits per heavy atom. The summed E-state index contributed by atoms with van der Waals surface area (Å²) in [7, 11) is 0. The molecule has 2 rings (SSSR count). The van der Waals surface area contributed by atoms with Crippen molar-refractivity contribution in [3.8, 4) is 0 Å². The maximum absolute atomic E-state index is 11.7. The second-order valence-electron chi connectivity index (χ2n) is 3.68. The van der Waals surface area contributed by atoms with Crippen LogP contribution in [0.3, 0.4) is 0 Å². The summed E-state index contributed by atoms with van der Waals surface area (Å²) in [5, 5.41) is 11.8. The van der Waals surface area contributed by atoms with Crippen LogP contribution < -0.4 is 5.32 Å². The highest BCUT2D eigenvalue weighted by Crippen LogP contribution is 2.24. The van der Waals surface area contributed by atoms with Gasteiger partial charge in [-0.2, -0.15) is 0 Å². The largest absolute Gasteiger partial charge is 0.300 e. The van der Waals surface area contributed by atoms with E-state index in [1.54, 1.807) is 11.8 Å². The second kappa shape index (κ2) is 7.87. The predicted molar refractivity (Wildman–Crippen MR) is 87.1 cm³/mol. The zero-order valence-electron chi connectivity index (χ0n) is 10.6. The van der Waals surface area contributed by atoms with E-state index in [1.165, 1.54) is 23.1 Å². The third kappa shape index (κ3) is 4.97. The third-order valence-corrected chi connectivity index (χ3v) is 5.32. The number of hydrogen-bond donors (Lipinski definition) is 1. The minimum atomic E-state index is -0.0460. The van der Waals surface area contributed by atoms with Crippen LogP contribution >= 0.6 is 46.5 Å². The minimum absolute atomic E-state index is 0.0460. The van der Waals surface area contributed by atoms with Crippen molar-refractivity contribution in [2.75, 3.05) is 17.3 Å². The van der Waals surface area contributed by atoms with Crippen molar-refractivity contribution in [1.82, 2.24) is 10.2 Å². The van der Waals surface area contributed by atoms with Gasteiger partial charge >= 0.3 is 0 Å². The van der Waals surface area contributed by atoms with Crippen LogP contribution in [0.15, 0.2) is 33.5 Å². The van der Waals surface area contributed by atoms with E-state index in [1.807, 2.05) is 30.5 Å². The van der Waals surface area contributed by atoms with Crippen LogP contribution in [0, 0.1) is 0 Å². The Labute approximate surface area is 134 Å². The standard InChI is InChI=1S/C12H12ClN3OS3/c1-18-12-16-15-11(20-12)14-10(17)6-7-19-9-4-2-8(13)3-5-9/h2-5H,6-7H2,1H3,(H,14,15,17). The number of amides is 1. The molecule has 0 atom stereocenters. The highest BCUT2D eigenvalue weighted by molar-refractivity contribution is 8.00. The maximum Gasteiger partial charge on any atom is 0.227 e. The third-order valence-electron chi connectivity index (χ3n) is 2.24. The SMILES string of the molecule is CSc1nnc(NC(=O)CCSc2ccc(Cl)cc2)s1. The van der Waals surface area contributed by atoms with Gasteiger partial charge in [-0.1, -0.05) is 34.7 Å². The lowest BCUT2D eigenvalue weighted by atomic mass is 10.4. The summed E-state index contributed by atoms with van der Waals surface area (Å²) in [6.45, 7) is 0. The number of aromatic nitrogens is 2. The van der Waals surface area contributed by atoms with Crippen molar-refractivity contribution in [3.05, 3.63) is 29.3 Å². The monoisotopic (exact) mass is 345 g/mol. The van der Waals surface area contributed by atoms with Gasteiger partial charge in [-0.15, -0.1) is 22.0 Å². The Hall–Kier alpha value is -0.760. The van der Waals surface area contributed by atoms with Gasteiger partial charge in [0.15, 0.2) is 4.34 Å². The molecule has 4 nitrogen and oxygen atoms in total. The Kier molecular flexibility index (Phi) is 6.15. The number of hydrogen-bond acceptors (Lipinski definition) is 6. The summed E-state index contributed by atoms with van der Waals surface area (Å²) in [5.41, 5.74) is 0. The summed E-state index contributed by atoms with van der Waals surface area (Å²) < 4.78 is 0.843. The van der Waals surface area contributed by atoms with Crippen LogP contribution in [0.5, 0.6) is 0 Å². The van der Waals surface area contributed by atoms with Crippen LogP contribution in [0.25, 0.3) is 0 Å². The van der Waals surface area contributed by atoms with E-state index in [-0.39, 0.29) is 5.91 Å². The molecule has 0 unspecified atom stereocenters. The van der Waals surface area contributed by atoms with E-state index >= 15 is 0 Å². The molecule has 1 N–H and O–H groups in total. The van der Waals surface area contributed by atoms with Crippen molar-refractivity contribution in [1.29, 1.82) is 0 Å². The smallest absolute Gasteiger partial charge is 0.227 e. The molecule has 1 amide bonds. The molecule has 0 spiro atoms. The van der Waals surface area contributed by atoms with Gasteiger partial charge in [0.25, 0.3) is 0 Å². The lowest BCUT2D eigenvalue weighted by molar-refractivity contribution is -0.115. The zero-order chi connectivity index (χ0) is 14.4. The average molecular weight is 346 g/mol. The van der Waals surface area contributed by atoms with Crippen molar-refractivity contribution < 1.29 is 4.79 Å². The van der Waals surface area contributed by atoms with Gasteiger partial charge in [0.1, 0.15) is 0 Å². The van der Waals surface area contributed by atoms with Crippen molar-refractivity contribution >= 4 is 57.5 Å². The molecule has 106 valence electrons. The molecular formula is C12H12ClN3OS3. The van der Waals surface area contributed by atoms with Gasteiger partial charge in [0.05, 0.1) is 0 Å². The first-order chi connectivity index (χ1) is 9.67. The molecule has 1 heterocycles. The van der Waals surface area contributed by atoms with Gasteiger partial charge in [0, 0.05) is 22.1 Å². The van der Waals surface area contributed by atoms with Gasteiger partial charge < -0.3 is 5.32 Å². The number of nitrogens with one attached hydrogen (secondary N) is 1. The highest BCUT2D eigenvalue weighted by Gasteiger charge is 2.07. The Bertz CT molecular complexity index is 574. The molecule has 20 heavy (non-hydrogen) atoms. The van der Waals surface area contributed by atoms with Crippen LogP contribution in [0.1, 0.15) is 6.42 Å². The lowest BCUT2D eigenvalue weighted by Crippen LogP contribution is -2.11. The number of benzene rings is 1. The minimum Gasteiger partial charge on any atom is -0.300 e. The number of nitrogens with zero attached hydrogens (tertiary/aromatic N) is 2. The molecule has 0 bridgehead atoms. The number of anilines is 1. The molecule has 0 aliphatic rings. The Morgan fingerprint density at radius 2 is 2.10 bits per heavy atom. The fourth-order valence-electron chi connectivity index (χ4n) is 1.32. The van der Waals surface area contributed by atoms with Gasteiger partial charge in [-0.05, 0) is 30.5 Å². The molecule has 1 aromatic carbocycles. The highest BCUT2D eigenvalue weighted by atomic mass is 35.5. The van der Waals surface area contributed by atoms with Crippen LogP contribution in [0.4, 0.5) is 5.13 Å². The zero-order valence-corrected chi connectivity index (χ0v) is 13.8. The quantitative estimate of drug-likeness (QED) is 0.632. The van der Waals surface area contributed by atoms with Crippen molar-refractivity contribution in [2.45, 2.75) is 15.7 Å². The van der Waals surface area contributed by atoms with Gasteiger partial charge in [-0.3, -0.25) is 4.79 Å². The summed E-state index contributed by atoms with van der Waals surface area (Å²) in [5.74, 6) is 0.664. The number of carbonyl (C=O) groups is 1. The molecule has 0 aliphatic heterocycles. The van der Waals surface area contributed by atoms with Crippen LogP contribution in [-0.4, -0.2) is 28.1 Å². The van der Waals surface area contributed by atoms with E-state index in [2.05, 4.69) is 15.5 Å². The van der Waals surface area contributed by atoms with E-state index in [4.69, 9.17) is 11.6 Å². The van der Waals surface area contributed by atoms with Crippen LogP contribution in [0.2, 0.25) is 5.02 Å². The van der Waals surface area contributed by atoms with E-state index in [9.17, 15) is 4.79 Å². The number of carbonyl (C=O) groups excluding carboxylic acids is 1. The van der Waals surface area contributed by atoms with E-state index in [0.29, 0.717) is 22.3 Å². The first-order valence-corrected chi connectivity index (χ1v) is 9.13. The molecule has 8 heteroatoms. The molecule has 0 aliphatic carbocycles. The summed E-state index contributed by atoms with van der Waals surface area (Å²) >= 11 is 10.3. The molecule has 0 fully saturated rings. The van der Waals surface area contributed by atoms with E-state index < -0.39 is 0 Å². The summed E-state index contributed by atoms with van der Waals surface area (Å²) in [6.07, 6.45) is 2.36.